The summed E-state index contributed by atoms with van der Waals surface area (Å²) in [5.41, 5.74) is 6.06. The van der Waals surface area contributed by atoms with Crippen molar-refractivity contribution < 1.29 is 14.0 Å². The lowest BCUT2D eigenvalue weighted by Gasteiger charge is -2.34. The number of hydrogen-bond acceptors (Lipinski definition) is 4. The van der Waals surface area contributed by atoms with Gasteiger partial charge >= 0.3 is 0 Å². The molecule has 3 N–H and O–H groups in total. The van der Waals surface area contributed by atoms with Gasteiger partial charge in [-0.25, -0.2) is 0 Å². The summed E-state index contributed by atoms with van der Waals surface area (Å²) in [6.07, 6.45) is 2.97. The maximum Gasteiger partial charge on any atom is 0.284 e. The van der Waals surface area contributed by atoms with E-state index in [0.29, 0.717) is 6.54 Å². The number of nitrogens with one attached hydrogen (secondary N) is 1. The van der Waals surface area contributed by atoms with Gasteiger partial charge in [-0.15, -0.1) is 0 Å². The predicted octanol–water partition coefficient (Wildman–Crippen LogP) is 1.78. The number of furan rings is 1. The van der Waals surface area contributed by atoms with Gasteiger partial charge in [0.05, 0.1) is 6.04 Å². The third kappa shape index (κ3) is 3.93. The minimum absolute atomic E-state index is 0.0422. The molecule has 0 aliphatic carbocycles. The molecule has 2 amide bonds. The number of nitrogens with zero attached hydrogens (tertiary/aromatic N) is 1. The minimum atomic E-state index is -0.566. The summed E-state index contributed by atoms with van der Waals surface area (Å²) < 4.78 is 5.70. The Hall–Kier alpha value is -1.82. The third-order valence-corrected chi connectivity index (χ3v) is 4.27. The summed E-state index contributed by atoms with van der Waals surface area (Å²) in [5, 5.41) is 2.74. The molecule has 23 heavy (non-hydrogen) atoms. The molecule has 0 radical (unpaired) electrons. The Morgan fingerprint density at radius 2 is 2.09 bits per heavy atom. The monoisotopic (exact) mass is 321 g/mol. The zero-order chi connectivity index (χ0) is 17.2. The van der Waals surface area contributed by atoms with Crippen molar-refractivity contribution in [2.45, 2.75) is 58.0 Å². The van der Waals surface area contributed by atoms with Gasteiger partial charge in [0.15, 0.2) is 5.76 Å². The Morgan fingerprint density at radius 1 is 1.39 bits per heavy atom. The van der Waals surface area contributed by atoms with Crippen molar-refractivity contribution in [2.24, 2.45) is 5.73 Å². The molecule has 6 heteroatoms. The van der Waals surface area contributed by atoms with E-state index in [0.717, 1.165) is 37.1 Å². The molecule has 0 bridgehead atoms. The average molecular weight is 321 g/mol. The van der Waals surface area contributed by atoms with E-state index in [-0.39, 0.29) is 23.1 Å². The van der Waals surface area contributed by atoms with E-state index in [1.165, 1.54) is 0 Å². The maximum absolute atomic E-state index is 12.1. The van der Waals surface area contributed by atoms with Crippen molar-refractivity contribution in [1.29, 1.82) is 0 Å². The summed E-state index contributed by atoms with van der Waals surface area (Å²) in [6.45, 7) is 7.55. The van der Waals surface area contributed by atoms with Crippen LogP contribution in [0.25, 0.3) is 0 Å². The molecule has 2 heterocycles. The summed E-state index contributed by atoms with van der Waals surface area (Å²) >= 11 is 0. The van der Waals surface area contributed by atoms with Crippen molar-refractivity contribution >= 4 is 11.8 Å². The molecule has 1 unspecified atom stereocenters. The number of nitrogens with two attached hydrogens (primary N) is 1. The Bertz CT molecular complexity index is 586. The first kappa shape index (κ1) is 17.5. The van der Waals surface area contributed by atoms with Crippen molar-refractivity contribution in [2.75, 3.05) is 13.6 Å². The van der Waals surface area contributed by atoms with Crippen LogP contribution in [0, 0.1) is 0 Å². The van der Waals surface area contributed by atoms with Gasteiger partial charge in [0.25, 0.3) is 5.91 Å². The van der Waals surface area contributed by atoms with Crippen LogP contribution in [0.1, 0.15) is 61.9 Å². The molecule has 2 rings (SSSR count). The molecule has 6 nitrogen and oxygen atoms in total. The molecule has 1 atom stereocenters. The van der Waals surface area contributed by atoms with Gasteiger partial charge in [0.2, 0.25) is 5.91 Å². The standard InChI is InChI=1S/C17H27N3O3/c1-17(2,3)14-11(9-13(23-14)15(18)21)10-20-8-6-5-7-12(20)16(22)19-4/h9,12H,5-8,10H2,1-4H3,(H2,18,21)(H,19,22). The number of amides is 2. The van der Waals surface area contributed by atoms with Crippen LogP contribution < -0.4 is 11.1 Å². The van der Waals surface area contributed by atoms with Crippen LogP contribution in [0.3, 0.4) is 0 Å². The van der Waals surface area contributed by atoms with Crippen LogP contribution in [-0.4, -0.2) is 36.3 Å². The Kier molecular flexibility index (Phi) is 5.14. The zero-order valence-corrected chi connectivity index (χ0v) is 14.4. The van der Waals surface area contributed by atoms with Crippen LogP contribution in [0.5, 0.6) is 0 Å². The van der Waals surface area contributed by atoms with Crippen molar-refractivity contribution in [1.82, 2.24) is 10.2 Å². The molecule has 128 valence electrons. The van der Waals surface area contributed by atoms with Crippen molar-refractivity contribution in [3.05, 3.63) is 23.2 Å². The van der Waals surface area contributed by atoms with Gasteiger partial charge in [-0.05, 0) is 25.5 Å². The number of piperidine rings is 1. The quantitative estimate of drug-likeness (QED) is 0.884. The van der Waals surface area contributed by atoms with Crippen LogP contribution in [-0.2, 0) is 16.8 Å². The molecule has 1 aromatic heterocycles. The minimum Gasteiger partial charge on any atom is -0.455 e. The maximum atomic E-state index is 12.1. The highest BCUT2D eigenvalue weighted by molar-refractivity contribution is 5.90. The van der Waals surface area contributed by atoms with E-state index < -0.39 is 5.91 Å². The molecular weight excluding hydrogens is 294 g/mol. The highest BCUT2D eigenvalue weighted by Crippen LogP contribution is 2.31. The molecule has 1 fully saturated rings. The van der Waals surface area contributed by atoms with E-state index in [1.807, 2.05) is 20.8 Å². The molecular formula is C17H27N3O3. The second kappa shape index (κ2) is 6.74. The number of rotatable bonds is 4. The fourth-order valence-electron chi connectivity index (χ4n) is 3.16. The Morgan fingerprint density at radius 3 is 2.65 bits per heavy atom. The van der Waals surface area contributed by atoms with Gasteiger partial charge in [-0.1, -0.05) is 27.2 Å². The van der Waals surface area contributed by atoms with Crippen LogP contribution in [0.15, 0.2) is 10.5 Å². The van der Waals surface area contributed by atoms with Gasteiger partial charge < -0.3 is 15.5 Å². The number of likely N-dealkylation sites (tertiary alicyclic amines) is 1. The first-order valence-electron chi connectivity index (χ1n) is 8.12. The number of hydrogen-bond donors (Lipinski definition) is 2. The molecule has 0 spiro atoms. The average Bonchev–Trinajstić information content (AvgIpc) is 2.91. The molecule has 1 aliphatic rings. The van der Waals surface area contributed by atoms with Crippen LogP contribution >= 0.6 is 0 Å². The van der Waals surface area contributed by atoms with Crippen molar-refractivity contribution in [3.63, 3.8) is 0 Å². The molecule has 1 saturated heterocycles. The SMILES string of the molecule is CNC(=O)C1CCCCN1Cc1cc(C(N)=O)oc1C(C)(C)C. The number of primary amides is 1. The molecule has 1 aromatic rings. The first-order valence-corrected chi connectivity index (χ1v) is 8.12. The van der Waals surface area contributed by atoms with E-state index >= 15 is 0 Å². The topological polar surface area (TPSA) is 88.6 Å². The molecule has 0 saturated carbocycles. The normalized spacial score (nSPS) is 19.6. The van der Waals surface area contributed by atoms with Gasteiger partial charge in [0, 0.05) is 24.6 Å². The second-order valence-corrected chi connectivity index (χ2v) is 7.18. The van der Waals surface area contributed by atoms with E-state index in [1.54, 1.807) is 13.1 Å². The van der Waals surface area contributed by atoms with Crippen LogP contribution in [0.2, 0.25) is 0 Å². The number of likely N-dealkylation sites (N-methyl/N-ethyl adjacent to an activating group) is 1. The summed E-state index contributed by atoms with van der Waals surface area (Å²) in [6, 6.07) is 1.59. The summed E-state index contributed by atoms with van der Waals surface area (Å²) in [4.78, 5) is 25.7. The third-order valence-electron chi connectivity index (χ3n) is 4.27. The second-order valence-electron chi connectivity index (χ2n) is 7.18. The van der Waals surface area contributed by atoms with Gasteiger partial charge in [-0.3, -0.25) is 14.5 Å². The fourth-order valence-corrected chi connectivity index (χ4v) is 3.16. The summed E-state index contributed by atoms with van der Waals surface area (Å²) in [7, 11) is 1.67. The Labute approximate surface area is 137 Å². The summed E-state index contributed by atoms with van der Waals surface area (Å²) in [5.74, 6) is 0.412. The van der Waals surface area contributed by atoms with E-state index in [9.17, 15) is 9.59 Å². The van der Waals surface area contributed by atoms with Gasteiger partial charge in [-0.2, -0.15) is 0 Å². The van der Waals surface area contributed by atoms with E-state index in [2.05, 4.69) is 10.2 Å². The lowest BCUT2D eigenvalue weighted by Crippen LogP contribution is -2.48. The highest BCUT2D eigenvalue weighted by atomic mass is 16.4. The largest absolute Gasteiger partial charge is 0.455 e. The lowest BCUT2D eigenvalue weighted by atomic mass is 9.90. The van der Waals surface area contributed by atoms with Crippen molar-refractivity contribution in [3.8, 4) is 0 Å². The van der Waals surface area contributed by atoms with E-state index in [4.69, 9.17) is 10.2 Å². The molecule has 1 aliphatic heterocycles. The fraction of sp³-hybridized carbons (Fsp3) is 0.647. The number of carbonyl (C=O) groups excluding carboxylic acids is 2. The zero-order valence-electron chi connectivity index (χ0n) is 14.4. The van der Waals surface area contributed by atoms with Crippen LogP contribution in [0.4, 0.5) is 0 Å². The lowest BCUT2D eigenvalue weighted by molar-refractivity contribution is -0.127. The highest BCUT2D eigenvalue weighted by Gasteiger charge is 2.31. The number of carbonyl (C=O) groups is 2. The first-order chi connectivity index (χ1) is 10.7. The molecule has 0 aromatic carbocycles. The smallest absolute Gasteiger partial charge is 0.284 e. The Balaban J connectivity index is 2.30. The van der Waals surface area contributed by atoms with Gasteiger partial charge in [0.1, 0.15) is 5.76 Å². The predicted molar refractivity (Wildman–Crippen MR) is 88.0 cm³/mol.